The van der Waals surface area contributed by atoms with E-state index in [1.807, 2.05) is 56.3 Å². The molecule has 6 nitrogen and oxygen atoms in total. The lowest BCUT2D eigenvalue weighted by atomic mass is 10.3. The zero-order valence-electron chi connectivity index (χ0n) is 11.8. The first-order chi connectivity index (χ1) is 10.2. The molecule has 106 valence electrons. The van der Waals surface area contributed by atoms with E-state index in [1.165, 1.54) is 0 Å². The summed E-state index contributed by atoms with van der Waals surface area (Å²) in [5, 5.41) is 10.2. The smallest absolute Gasteiger partial charge is 0.229 e. The Hall–Kier alpha value is -2.89. The topological polar surface area (TPSA) is 75.9 Å². The summed E-state index contributed by atoms with van der Waals surface area (Å²) in [4.78, 5) is 8.79. The van der Waals surface area contributed by atoms with Gasteiger partial charge in [0.25, 0.3) is 0 Å². The number of anilines is 4. The Morgan fingerprint density at radius 1 is 0.905 bits per heavy atom. The maximum absolute atomic E-state index is 5.02. The molecular formula is C15H15N5O. The van der Waals surface area contributed by atoms with Crippen LogP contribution in [0.3, 0.4) is 0 Å². The molecule has 0 amide bonds. The van der Waals surface area contributed by atoms with Crippen LogP contribution in [-0.4, -0.2) is 15.1 Å². The minimum atomic E-state index is 0.531. The summed E-state index contributed by atoms with van der Waals surface area (Å²) in [5.74, 6) is 2.56. The van der Waals surface area contributed by atoms with Crippen LogP contribution in [0.15, 0.2) is 47.0 Å². The number of aryl methyl sites for hydroxylation is 2. The van der Waals surface area contributed by atoms with E-state index in [4.69, 9.17) is 4.52 Å². The van der Waals surface area contributed by atoms with Crippen molar-refractivity contribution in [2.24, 2.45) is 0 Å². The molecule has 2 heterocycles. The quantitative estimate of drug-likeness (QED) is 0.761. The Morgan fingerprint density at radius 2 is 1.71 bits per heavy atom. The standard InChI is InChI=1S/C15H15N5O/c1-10-8-13(18-14-9-11(2)21-20-14)19-15(16-10)17-12-6-4-3-5-7-12/h3-9H,1-2H3,(H2,16,17,18,19,20). The van der Waals surface area contributed by atoms with Gasteiger partial charge in [-0.2, -0.15) is 4.98 Å². The lowest BCUT2D eigenvalue weighted by Crippen LogP contribution is -2.02. The van der Waals surface area contributed by atoms with Gasteiger partial charge in [-0.05, 0) is 26.0 Å². The van der Waals surface area contributed by atoms with Crippen molar-refractivity contribution in [2.75, 3.05) is 10.6 Å². The van der Waals surface area contributed by atoms with Crippen molar-refractivity contribution in [1.82, 2.24) is 15.1 Å². The second kappa shape index (κ2) is 5.62. The largest absolute Gasteiger partial charge is 0.360 e. The fraction of sp³-hybridized carbons (Fsp3) is 0.133. The van der Waals surface area contributed by atoms with Gasteiger partial charge in [0.1, 0.15) is 11.6 Å². The molecular weight excluding hydrogens is 266 g/mol. The van der Waals surface area contributed by atoms with Crippen molar-refractivity contribution in [1.29, 1.82) is 0 Å². The molecule has 2 aromatic heterocycles. The SMILES string of the molecule is Cc1cc(Nc2cc(C)on2)nc(Nc2ccccc2)n1. The maximum Gasteiger partial charge on any atom is 0.229 e. The van der Waals surface area contributed by atoms with E-state index < -0.39 is 0 Å². The predicted molar refractivity (Wildman–Crippen MR) is 81.0 cm³/mol. The van der Waals surface area contributed by atoms with E-state index in [-0.39, 0.29) is 0 Å². The molecule has 0 atom stereocenters. The fourth-order valence-electron chi connectivity index (χ4n) is 1.90. The Morgan fingerprint density at radius 3 is 2.43 bits per heavy atom. The zero-order valence-corrected chi connectivity index (χ0v) is 11.8. The van der Waals surface area contributed by atoms with Crippen LogP contribution >= 0.6 is 0 Å². The summed E-state index contributed by atoms with van der Waals surface area (Å²) in [5.41, 5.74) is 1.79. The van der Waals surface area contributed by atoms with Crippen LogP contribution in [0.1, 0.15) is 11.5 Å². The minimum absolute atomic E-state index is 0.531. The number of aromatic nitrogens is 3. The molecule has 0 aliphatic heterocycles. The fourth-order valence-corrected chi connectivity index (χ4v) is 1.90. The first-order valence-electron chi connectivity index (χ1n) is 6.57. The minimum Gasteiger partial charge on any atom is -0.360 e. The molecule has 3 aromatic rings. The van der Waals surface area contributed by atoms with Gasteiger partial charge in [0, 0.05) is 23.5 Å². The van der Waals surface area contributed by atoms with E-state index in [0.717, 1.165) is 17.1 Å². The molecule has 3 rings (SSSR count). The van der Waals surface area contributed by atoms with Gasteiger partial charge in [0.2, 0.25) is 5.95 Å². The number of benzene rings is 1. The highest BCUT2D eigenvalue weighted by Gasteiger charge is 2.05. The van der Waals surface area contributed by atoms with Gasteiger partial charge in [-0.25, -0.2) is 4.98 Å². The summed E-state index contributed by atoms with van der Waals surface area (Å²) in [7, 11) is 0. The Kier molecular flexibility index (Phi) is 3.51. The zero-order chi connectivity index (χ0) is 14.7. The first kappa shape index (κ1) is 13.1. The molecule has 6 heteroatoms. The van der Waals surface area contributed by atoms with Gasteiger partial charge in [-0.3, -0.25) is 0 Å². The first-order valence-corrected chi connectivity index (χ1v) is 6.57. The van der Waals surface area contributed by atoms with Gasteiger partial charge in [-0.15, -0.1) is 0 Å². The molecule has 0 saturated heterocycles. The van der Waals surface area contributed by atoms with E-state index in [1.54, 1.807) is 0 Å². The number of nitrogens with zero attached hydrogens (tertiary/aromatic N) is 3. The summed E-state index contributed by atoms with van der Waals surface area (Å²) >= 11 is 0. The van der Waals surface area contributed by atoms with Crippen LogP contribution in [0.4, 0.5) is 23.3 Å². The van der Waals surface area contributed by atoms with Gasteiger partial charge in [0.05, 0.1) is 0 Å². The molecule has 0 aliphatic carbocycles. The van der Waals surface area contributed by atoms with Crippen LogP contribution < -0.4 is 10.6 Å². The van der Waals surface area contributed by atoms with Crippen LogP contribution in [0.5, 0.6) is 0 Å². The second-order valence-corrected chi connectivity index (χ2v) is 4.66. The highest BCUT2D eigenvalue weighted by atomic mass is 16.5. The third kappa shape index (κ3) is 3.36. The lowest BCUT2D eigenvalue weighted by molar-refractivity contribution is 0.400. The molecule has 0 bridgehead atoms. The predicted octanol–water partition coefficient (Wildman–Crippen LogP) is 3.57. The Bertz CT molecular complexity index is 739. The molecule has 0 aliphatic rings. The van der Waals surface area contributed by atoms with Gasteiger partial charge in [-0.1, -0.05) is 23.4 Å². The highest BCUT2D eigenvalue weighted by molar-refractivity contribution is 5.58. The summed E-state index contributed by atoms with van der Waals surface area (Å²) in [6, 6.07) is 13.4. The van der Waals surface area contributed by atoms with Crippen LogP contribution in [0, 0.1) is 13.8 Å². The van der Waals surface area contributed by atoms with Crippen molar-refractivity contribution in [3.63, 3.8) is 0 Å². The van der Waals surface area contributed by atoms with Crippen LogP contribution in [-0.2, 0) is 0 Å². The number of hydrogen-bond donors (Lipinski definition) is 2. The molecule has 0 fully saturated rings. The van der Waals surface area contributed by atoms with E-state index in [9.17, 15) is 0 Å². The monoisotopic (exact) mass is 281 g/mol. The molecule has 0 radical (unpaired) electrons. The molecule has 0 saturated carbocycles. The van der Waals surface area contributed by atoms with Crippen molar-refractivity contribution >= 4 is 23.3 Å². The van der Waals surface area contributed by atoms with E-state index in [2.05, 4.69) is 25.8 Å². The van der Waals surface area contributed by atoms with Crippen molar-refractivity contribution in [3.8, 4) is 0 Å². The van der Waals surface area contributed by atoms with Gasteiger partial charge >= 0.3 is 0 Å². The summed E-state index contributed by atoms with van der Waals surface area (Å²) in [6.07, 6.45) is 0. The van der Waals surface area contributed by atoms with Crippen LogP contribution in [0.25, 0.3) is 0 Å². The molecule has 1 aromatic carbocycles. The average Bonchev–Trinajstić information content (AvgIpc) is 2.84. The van der Waals surface area contributed by atoms with Crippen LogP contribution in [0.2, 0.25) is 0 Å². The molecule has 0 spiro atoms. The van der Waals surface area contributed by atoms with Crippen molar-refractivity contribution < 1.29 is 4.52 Å². The maximum atomic E-state index is 5.02. The van der Waals surface area contributed by atoms with Crippen molar-refractivity contribution in [2.45, 2.75) is 13.8 Å². The number of hydrogen-bond acceptors (Lipinski definition) is 6. The van der Waals surface area contributed by atoms with E-state index in [0.29, 0.717) is 17.6 Å². The summed E-state index contributed by atoms with van der Waals surface area (Å²) < 4.78 is 5.02. The normalized spacial score (nSPS) is 10.4. The second-order valence-electron chi connectivity index (χ2n) is 4.66. The number of rotatable bonds is 4. The number of para-hydroxylation sites is 1. The third-order valence-electron chi connectivity index (χ3n) is 2.77. The molecule has 2 N–H and O–H groups in total. The average molecular weight is 281 g/mol. The van der Waals surface area contributed by atoms with Crippen molar-refractivity contribution in [3.05, 3.63) is 53.9 Å². The van der Waals surface area contributed by atoms with Gasteiger partial charge < -0.3 is 15.2 Å². The Balaban J connectivity index is 1.82. The number of nitrogens with one attached hydrogen (secondary N) is 2. The third-order valence-corrected chi connectivity index (χ3v) is 2.77. The van der Waals surface area contributed by atoms with E-state index >= 15 is 0 Å². The Labute approximate surface area is 122 Å². The van der Waals surface area contributed by atoms with Gasteiger partial charge in [0.15, 0.2) is 5.82 Å². The molecule has 21 heavy (non-hydrogen) atoms. The highest BCUT2D eigenvalue weighted by Crippen LogP contribution is 2.18. The lowest BCUT2D eigenvalue weighted by Gasteiger charge is -2.08. The summed E-state index contributed by atoms with van der Waals surface area (Å²) in [6.45, 7) is 3.75. The molecule has 0 unspecified atom stereocenters.